The third-order valence-electron chi connectivity index (χ3n) is 10.4. The van der Waals surface area contributed by atoms with E-state index in [2.05, 4.69) is 57.2 Å². The van der Waals surface area contributed by atoms with Crippen LogP contribution in [0.2, 0.25) is 0 Å². The molecule has 0 unspecified atom stereocenters. The molecule has 2 aromatic heterocycles. The van der Waals surface area contributed by atoms with E-state index >= 15 is 0 Å². The smallest absolute Gasteiger partial charge is 0.231 e. The number of anilines is 1. The highest BCUT2D eigenvalue weighted by atomic mass is 16.5. The van der Waals surface area contributed by atoms with Gasteiger partial charge in [-0.25, -0.2) is 9.97 Å². The van der Waals surface area contributed by atoms with E-state index in [1.54, 1.807) is 13.4 Å². The second-order valence-electron chi connectivity index (χ2n) is 14.2. The number of carbonyl (C=O) groups excluding carboxylic acids is 1. The van der Waals surface area contributed by atoms with E-state index in [0.717, 1.165) is 74.3 Å². The number of benzene rings is 1. The molecule has 1 aromatic carbocycles. The molecule has 4 saturated carbocycles. The van der Waals surface area contributed by atoms with Crippen LogP contribution in [0.3, 0.4) is 0 Å². The summed E-state index contributed by atoms with van der Waals surface area (Å²) in [6.45, 7) is 9.18. The van der Waals surface area contributed by atoms with Gasteiger partial charge >= 0.3 is 0 Å². The molecule has 4 aliphatic rings. The van der Waals surface area contributed by atoms with E-state index in [0.29, 0.717) is 5.89 Å². The summed E-state index contributed by atoms with van der Waals surface area (Å²) < 4.78 is 11.4. The van der Waals surface area contributed by atoms with Crippen molar-refractivity contribution in [1.29, 1.82) is 0 Å². The molecule has 7 rings (SSSR count). The Morgan fingerprint density at radius 1 is 1.05 bits per heavy atom. The lowest BCUT2D eigenvalue weighted by Gasteiger charge is -2.55. The van der Waals surface area contributed by atoms with Crippen molar-refractivity contribution in [3.05, 3.63) is 66.2 Å². The normalized spacial score (nSPS) is 24.5. The maximum atomic E-state index is 14.2. The Kier molecular flexibility index (Phi) is 7.69. The summed E-state index contributed by atoms with van der Waals surface area (Å²) in [4.78, 5) is 25.9. The van der Waals surface area contributed by atoms with Gasteiger partial charge in [0.1, 0.15) is 23.5 Å². The molecule has 1 radical (unpaired) electrons. The van der Waals surface area contributed by atoms with Gasteiger partial charge in [0.05, 0.1) is 7.11 Å². The molecule has 3 aromatic rings. The Bertz CT molecular complexity index is 1400. The number of rotatable bonds is 7. The van der Waals surface area contributed by atoms with Crippen molar-refractivity contribution in [3.63, 3.8) is 0 Å². The number of nitrogens with zero attached hydrogens (tertiary/aromatic N) is 3. The molecule has 4 aliphatic carbocycles. The number of amides is 1. The Hall–Kier alpha value is -3.15. The lowest BCUT2D eigenvalue weighted by Crippen LogP contribution is -2.51. The van der Waals surface area contributed by atoms with Crippen LogP contribution >= 0.6 is 0 Å². The van der Waals surface area contributed by atoms with Gasteiger partial charge in [0.25, 0.3) is 0 Å². The zero-order valence-corrected chi connectivity index (χ0v) is 26.0. The third-order valence-corrected chi connectivity index (χ3v) is 10.4. The molecule has 42 heavy (non-hydrogen) atoms. The van der Waals surface area contributed by atoms with Crippen LogP contribution in [0.1, 0.15) is 102 Å². The predicted molar refractivity (Wildman–Crippen MR) is 167 cm³/mol. The van der Waals surface area contributed by atoms with E-state index in [1.165, 1.54) is 30.4 Å². The molecule has 0 atom stereocenters. The number of methoxy groups -OCH3 is 1. The molecule has 223 valence electrons. The van der Waals surface area contributed by atoms with E-state index in [9.17, 15) is 4.79 Å². The maximum Gasteiger partial charge on any atom is 0.231 e. The standard InChI is InChI=1S/C36H46N3O3/c1-25-21-28(11-12-30(25)41-5)36-17-14-35(15-18-36,16-19-36)24-39(32(40)26-9-7-6-8-10-26)31-22-27(13-20-37-31)29-23-42-33(38-29)34(2,3)4/h6,11-13,20-23,26H,7-10,14-19,24H2,1-5H3. The van der Waals surface area contributed by atoms with Crippen LogP contribution in [-0.2, 0) is 15.6 Å². The number of aromatic nitrogens is 2. The largest absolute Gasteiger partial charge is 0.496 e. The molecule has 6 nitrogen and oxygen atoms in total. The Morgan fingerprint density at radius 3 is 2.38 bits per heavy atom. The van der Waals surface area contributed by atoms with Crippen molar-refractivity contribution >= 4 is 11.7 Å². The van der Waals surface area contributed by atoms with E-state index in [-0.39, 0.29) is 28.1 Å². The first kappa shape index (κ1) is 28.9. The first-order chi connectivity index (χ1) is 20.1. The minimum absolute atomic E-state index is 0.0601. The second-order valence-corrected chi connectivity index (χ2v) is 14.2. The second kappa shape index (κ2) is 11.2. The molecule has 6 heteroatoms. The fourth-order valence-corrected chi connectivity index (χ4v) is 7.62. The molecule has 2 bridgehead atoms. The van der Waals surface area contributed by atoms with Crippen LogP contribution in [0.15, 0.2) is 47.2 Å². The number of hydrogen-bond donors (Lipinski definition) is 0. The Labute approximate surface area is 251 Å². The van der Waals surface area contributed by atoms with Gasteiger partial charge in [-0.2, -0.15) is 0 Å². The predicted octanol–water partition coefficient (Wildman–Crippen LogP) is 8.37. The molecule has 0 aliphatic heterocycles. The average molecular weight is 569 g/mol. The van der Waals surface area contributed by atoms with Crippen LogP contribution in [0.4, 0.5) is 5.82 Å². The number of pyridine rings is 1. The number of hydrogen-bond acceptors (Lipinski definition) is 5. The van der Waals surface area contributed by atoms with Crippen molar-refractivity contribution in [2.75, 3.05) is 18.6 Å². The fourth-order valence-electron chi connectivity index (χ4n) is 7.62. The van der Waals surface area contributed by atoms with Gasteiger partial charge in [0.15, 0.2) is 5.89 Å². The molecular formula is C36H46N3O3. The van der Waals surface area contributed by atoms with Crippen molar-refractivity contribution in [3.8, 4) is 17.0 Å². The van der Waals surface area contributed by atoms with Crippen LogP contribution < -0.4 is 9.64 Å². The minimum Gasteiger partial charge on any atom is -0.496 e. The van der Waals surface area contributed by atoms with Gasteiger partial charge in [-0.05, 0) is 118 Å². The summed E-state index contributed by atoms with van der Waals surface area (Å²) in [6, 6.07) is 10.8. The van der Waals surface area contributed by atoms with Crippen molar-refractivity contribution in [2.45, 2.75) is 103 Å². The highest BCUT2D eigenvalue weighted by Crippen LogP contribution is 2.58. The van der Waals surface area contributed by atoms with Crippen molar-refractivity contribution in [2.24, 2.45) is 11.3 Å². The maximum absolute atomic E-state index is 14.2. The quantitative estimate of drug-likeness (QED) is 0.286. The number of oxazole rings is 1. The SMILES string of the molecule is COc1ccc(C23CCC(CN(C(=O)C4CC[CH]CC4)c4cc(-c5coc(C(C)(C)C)n5)ccn4)(CC2)CC3)cc1C. The molecule has 1 amide bonds. The van der Waals surface area contributed by atoms with Crippen molar-refractivity contribution in [1.82, 2.24) is 9.97 Å². The van der Waals surface area contributed by atoms with E-state index < -0.39 is 0 Å². The van der Waals surface area contributed by atoms with Gasteiger partial charge in [-0.3, -0.25) is 9.69 Å². The van der Waals surface area contributed by atoms with Crippen LogP contribution in [0.5, 0.6) is 5.75 Å². The molecule has 0 N–H and O–H groups in total. The Balaban J connectivity index is 1.27. The monoisotopic (exact) mass is 568 g/mol. The highest BCUT2D eigenvalue weighted by molar-refractivity contribution is 5.94. The molecule has 0 spiro atoms. The third kappa shape index (κ3) is 5.49. The summed E-state index contributed by atoms with van der Waals surface area (Å²) in [5, 5.41) is 0. The average Bonchev–Trinajstić information content (AvgIpc) is 3.53. The summed E-state index contributed by atoms with van der Waals surface area (Å²) >= 11 is 0. The van der Waals surface area contributed by atoms with Crippen LogP contribution in [0, 0.1) is 24.7 Å². The first-order valence-corrected chi connectivity index (χ1v) is 15.8. The molecule has 0 saturated heterocycles. The number of carbonyl (C=O) groups is 1. The van der Waals surface area contributed by atoms with Gasteiger partial charge in [0.2, 0.25) is 5.91 Å². The summed E-state index contributed by atoms with van der Waals surface area (Å²) in [5.41, 5.74) is 4.59. The molecule has 2 heterocycles. The highest BCUT2D eigenvalue weighted by Gasteiger charge is 2.50. The summed E-state index contributed by atoms with van der Waals surface area (Å²) in [7, 11) is 1.74. The molecular weight excluding hydrogens is 522 g/mol. The van der Waals surface area contributed by atoms with E-state index in [1.807, 2.05) is 18.3 Å². The number of ether oxygens (including phenoxy) is 1. The molecule has 4 fully saturated rings. The number of aryl methyl sites for hydroxylation is 1. The van der Waals surface area contributed by atoms with Gasteiger partial charge < -0.3 is 9.15 Å². The van der Waals surface area contributed by atoms with E-state index in [4.69, 9.17) is 19.1 Å². The Morgan fingerprint density at radius 2 is 1.76 bits per heavy atom. The van der Waals surface area contributed by atoms with Crippen molar-refractivity contribution < 1.29 is 13.9 Å². The van der Waals surface area contributed by atoms with Crippen LogP contribution in [0.25, 0.3) is 11.3 Å². The zero-order valence-electron chi connectivity index (χ0n) is 26.0. The lowest BCUT2D eigenvalue weighted by molar-refractivity contribution is -0.123. The fraction of sp³-hybridized carbons (Fsp3) is 0.556. The topological polar surface area (TPSA) is 68.5 Å². The minimum atomic E-state index is -0.172. The van der Waals surface area contributed by atoms with Gasteiger partial charge in [0, 0.05) is 29.6 Å². The van der Waals surface area contributed by atoms with Gasteiger partial charge in [-0.15, -0.1) is 0 Å². The zero-order chi connectivity index (χ0) is 29.5. The summed E-state index contributed by atoms with van der Waals surface area (Å²) in [5.74, 6) is 2.72. The number of fused-ring (bicyclic) bond motifs is 3. The van der Waals surface area contributed by atoms with Gasteiger partial charge in [-0.1, -0.05) is 32.9 Å². The summed E-state index contributed by atoms with van der Waals surface area (Å²) in [6.07, 6.45) is 16.7. The van der Waals surface area contributed by atoms with Crippen LogP contribution in [-0.4, -0.2) is 29.5 Å². The first-order valence-electron chi connectivity index (χ1n) is 15.8. The lowest BCUT2D eigenvalue weighted by atomic mass is 9.51.